The van der Waals surface area contributed by atoms with Crippen LogP contribution in [-0.4, -0.2) is 36.6 Å². The Balaban J connectivity index is 1.58. The predicted octanol–water partition coefficient (Wildman–Crippen LogP) is 3.40. The number of rotatable bonds is 8. The highest BCUT2D eigenvalue weighted by molar-refractivity contribution is 6.04. The van der Waals surface area contributed by atoms with Crippen LogP contribution in [0.1, 0.15) is 15.9 Å². The molecule has 0 aliphatic heterocycles. The molecule has 0 unspecified atom stereocenters. The molecule has 1 aromatic heterocycles. The zero-order valence-corrected chi connectivity index (χ0v) is 15.8. The van der Waals surface area contributed by atoms with Gasteiger partial charge in [-0.3, -0.25) is 4.79 Å². The largest absolute Gasteiger partial charge is 0.497 e. The smallest absolute Gasteiger partial charge is 0.258 e. The fourth-order valence-electron chi connectivity index (χ4n) is 2.60. The molecule has 0 aliphatic carbocycles. The van der Waals surface area contributed by atoms with Crippen LogP contribution in [0.3, 0.4) is 0 Å². The summed E-state index contributed by atoms with van der Waals surface area (Å²) in [5.74, 6) is 1.31. The number of anilines is 2. The Morgan fingerprint density at radius 3 is 2.43 bits per heavy atom. The molecule has 3 rings (SSSR count). The van der Waals surface area contributed by atoms with Crippen LogP contribution in [0.15, 0.2) is 60.9 Å². The molecular weight excluding hydrogens is 356 g/mol. The van der Waals surface area contributed by atoms with E-state index in [9.17, 15) is 4.79 Å². The van der Waals surface area contributed by atoms with E-state index in [2.05, 4.69) is 32.7 Å². The molecule has 0 aliphatic rings. The molecule has 3 aromatic rings. The molecular formula is C21H22N4O3. The van der Waals surface area contributed by atoms with Crippen molar-refractivity contribution in [3.63, 3.8) is 0 Å². The number of benzene rings is 2. The van der Waals surface area contributed by atoms with Crippen LogP contribution >= 0.6 is 0 Å². The van der Waals surface area contributed by atoms with Gasteiger partial charge in [0.25, 0.3) is 5.91 Å². The lowest BCUT2D eigenvalue weighted by Gasteiger charge is -2.11. The molecule has 0 atom stereocenters. The van der Waals surface area contributed by atoms with Gasteiger partial charge in [-0.25, -0.2) is 9.97 Å². The van der Waals surface area contributed by atoms with E-state index in [0.29, 0.717) is 35.2 Å². The molecule has 7 heteroatoms. The zero-order valence-electron chi connectivity index (χ0n) is 15.8. The normalized spacial score (nSPS) is 10.2. The third-order valence-corrected chi connectivity index (χ3v) is 4.11. The maximum absolute atomic E-state index is 12.4. The van der Waals surface area contributed by atoms with Gasteiger partial charge in [0.05, 0.1) is 25.5 Å². The Hall–Kier alpha value is -3.61. The van der Waals surface area contributed by atoms with Crippen LogP contribution in [-0.2, 0) is 6.42 Å². The summed E-state index contributed by atoms with van der Waals surface area (Å²) in [6.45, 7) is 0.707. The Morgan fingerprint density at radius 1 is 1.00 bits per heavy atom. The second kappa shape index (κ2) is 9.36. The van der Waals surface area contributed by atoms with E-state index in [0.717, 1.165) is 6.42 Å². The number of amides is 1. The third-order valence-electron chi connectivity index (χ3n) is 4.11. The predicted molar refractivity (Wildman–Crippen MR) is 108 cm³/mol. The lowest BCUT2D eigenvalue weighted by Crippen LogP contribution is -2.14. The molecule has 2 aromatic carbocycles. The first-order valence-corrected chi connectivity index (χ1v) is 8.83. The average molecular weight is 378 g/mol. The number of carbonyl (C=O) groups is 1. The van der Waals surface area contributed by atoms with E-state index in [4.69, 9.17) is 9.47 Å². The monoisotopic (exact) mass is 378 g/mol. The van der Waals surface area contributed by atoms with E-state index < -0.39 is 0 Å². The van der Waals surface area contributed by atoms with Crippen LogP contribution in [0.5, 0.6) is 11.5 Å². The SMILES string of the molecule is COc1ccc(NC(=O)c2cnc(NCCc3ccccc3)nc2)c(OC)c1. The number of carbonyl (C=O) groups excluding carboxylic acids is 1. The first-order valence-electron chi connectivity index (χ1n) is 8.83. The molecule has 0 saturated carbocycles. The van der Waals surface area contributed by atoms with E-state index in [1.807, 2.05) is 18.2 Å². The Labute approximate surface area is 163 Å². The minimum atomic E-state index is -0.320. The molecule has 0 fully saturated rings. The van der Waals surface area contributed by atoms with Crippen LogP contribution in [0.25, 0.3) is 0 Å². The summed E-state index contributed by atoms with van der Waals surface area (Å²) in [4.78, 5) is 20.9. The number of nitrogens with one attached hydrogen (secondary N) is 2. The van der Waals surface area contributed by atoms with Gasteiger partial charge in [0.2, 0.25) is 5.95 Å². The summed E-state index contributed by atoms with van der Waals surface area (Å²) in [5, 5.41) is 5.95. The molecule has 1 amide bonds. The van der Waals surface area contributed by atoms with Crippen molar-refractivity contribution in [2.45, 2.75) is 6.42 Å². The molecule has 28 heavy (non-hydrogen) atoms. The van der Waals surface area contributed by atoms with Crippen molar-refractivity contribution >= 4 is 17.5 Å². The summed E-state index contributed by atoms with van der Waals surface area (Å²) in [5.41, 5.74) is 2.13. The van der Waals surface area contributed by atoms with Gasteiger partial charge in [-0.15, -0.1) is 0 Å². The second-order valence-corrected chi connectivity index (χ2v) is 5.98. The minimum Gasteiger partial charge on any atom is -0.497 e. The van der Waals surface area contributed by atoms with Gasteiger partial charge in [-0.2, -0.15) is 0 Å². The second-order valence-electron chi connectivity index (χ2n) is 5.98. The van der Waals surface area contributed by atoms with Crippen LogP contribution < -0.4 is 20.1 Å². The van der Waals surface area contributed by atoms with Gasteiger partial charge >= 0.3 is 0 Å². The molecule has 7 nitrogen and oxygen atoms in total. The first kappa shape index (κ1) is 19.2. The van der Waals surface area contributed by atoms with Gasteiger partial charge in [-0.05, 0) is 24.1 Å². The van der Waals surface area contributed by atoms with Gasteiger partial charge in [0.1, 0.15) is 11.5 Å². The van der Waals surface area contributed by atoms with Crippen molar-refractivity contribution in [2.24, 2.45) is 0 Å². The molecule has 0 spiro atoms. The quantitative estimate of drug-likeness (QED) is 0.625. The van der Waals surface area contributed by atoms with Gasteiger partial charge in [0.15, 0.2) is 0 Å². The summed E-state index contributed by atoms with van der Waals surface area (Å²) in [6.07, 6.45) is 3.84. The average Bonchev–Trinajstić information content (AvgIpc) is 2.75. The molecule has 0 radical (unpaired) electrons. The third kappa shape index (κ3) is 4.97. The van der Waals surface area contributed by atoms with Crippen LogP contribution in [0, 0.1) is 0 Å². The number of nitrogens with zero attached hydrogens (tertiary/aromatic N) is 2. The Morgan fingerprint density at radius 2 is 1.75 bits per heavy atom. The topological polar surface area (TPSA) is 85.4 Å². The first-order chi connectivity index (χ1) is 13.7. The Kier molecular flexibility index (Phi) is 6.41. The van der Waals surface area contributed by atoms with Crippen molar-refractivity contribution < 1.29 is 14.3 Å². The maximum atomic E-state index is 12.4. The van der Waals surface area contributed by atoms with E-state index in [1.54, 1.807) is 25.3 Å². The van der Waals surface area contributed by atoms with Gasteiger partial charge in [-0.1, -0.05) is 30.3 Å². The standard InChI is InChI=1S/C21H22N4O3/c1-27-17-8-9-18(19(12-17)28-2)25-20(26)16-13-23-21(24-14-16)22-11-10-15-6-4-3-5-7-15/h3-9,12-14H,10-11H2,1-2H3,(H,25,26)(H,22,23,24). The highest BCUT2D eigenvalue weighted by Crippen LogP contribution is 2.29. The van der Waals surface area contributed by atoms with Gasteiger partial charge in [0, 0.05) is 25.0 Å². The highest BCUT2D eigenvalue weighted by atomic mass is 16.5. The summed E-state index contributed by atoms with van der Waals surface area (Å²) < 4.78 is 10.4. The summed E-state index contributed by atoms with van der Waals surface area (Å²) in [7, 11) is 3.10. The lowest BCUT2D eigenvalue weighted by atomic mass is 10.1. The van der Waals surface area contributed by atoms with Gasteiger partial charge < -0.3 is 20.1 Å². The van der Waals surface area contributed by atoms with Crippen molar-refractivity contribution in [2.75, 3.05) is 31.4 Å². The number of ether oxygens (including phenoxy) is 2. The Bertz CT molecular complexity index is 915. The molecule has 0 bridgehead atoms. The van der Waals surface area contributed by atoms with Crippen LogP contribution in [0.2, 0.25) is 0 Å². The number of hydrogen-bond acceptors (Lipinski definition) is 6. The number of aromatic nitrogens is 2. The fraction of sp³-hybridized carbons (Fsp3) is 0.190. The maximum Gasteiger partial charge on any atom is 0.258 e. The van der Waals surface area contributed by atoms with Crippen molar-refractivity contribution in [3.8, 4) is 11.5 Å². The molecule has 0 saturated heterocycles. The van der Waals surface area contributed by atoms with E-state index in [1.165, 1.54) is 25.1 Å². The van der Waals surface area contributed by atoms with Crippen molar-refractivity contribution in [1.29, 1.82) is 0 Å². The van der Waals surface area contributed by atoms with Crippen molar-refractivity contribution in [1.82, 2.24) is 9.97 Å². The summed E-state index contributed by atoms with van der Waals surface area (Å²) >= 11 is 0. The lowest BCUT2D eigenvalue weighted by molar-refractivity contribution is 0.102. The van der Waals surface area contributed by atoms with E-state index >= 15 is 0 Å². The number of methoxy groups -OCH3 is 2. The molecule has 2 N–H and O–H groups in total. The number of hydrogen-bond donors (Lipinski definition) is 2. The fourth-order valence-corrected chi connectivity index (χ4v) is 2.60. The van der Waals surface area contributed by atoms with Crippen LogP contribution in [0.4, 0.5) is 11.6 Å². The molecule has 144 valence electrons. The molecule has 1 heterocycles. The highest BCUT2D eigenvalue weighted by Gasteiger charge is 2.12. The zero-order chi connectivity index (χ0) is 19.8. The van der Waals surface area contributed by atoms with E-state index in [-0.39, 0.29) is 5.91 Å². The summed E-state index contributed by atoms with van der Waals surface area (Å²) in [6, 6.07) is 15.3. The minimum absolute atomic E-state index is 0.320. The van der Waals surface area contributed by atoms with Crippen molar-refractivity contribution in [3.05, 3.63) is 72.1 Å².